The summed E-state index contributed by atoms with van der Waals surface area (Å²) in [6.07, 6.45) is 0. The smallest absolute Gasteiger partial charge is 0.164 e. The first-order valence-electron chi connectivity index (χ1n) is 14.9. The van der Waals surface area contributed by atoms with Crippen LogP contribution in [0.25, 0.3) is 56.1 Å². The van der Waals surface area contributed by atoms with Gasteiger partial charge in [0.15, 0.2) is 17.5 Å². The van der Waals surface area contributed by atoms with Crippen LogP contribution in [0, 0.1) is 0 Å². The molecule has 0 unspecified atom stereocenters. The van der Waals surface area contributed by atoms with Crippen LogP contribution in [0.2, 0.25) is 0 Å². The molecule has 1 aliphatic rings. The van der Waals surface area contributed by atoms with Crippen LogP contribution in [0.5, 0.6) is 11.5 Å². The Morgan fingerprint density at radius 1 is 0.432 bits per heavy atom. The molecule has 1 aromatic heterocycles. The van der Waals surface area contributed by atoms with Crippen molar-refractivity contribution < 1.29 is 4.74 Å². The van der Waals surface area contributed by atoms with E-state index in [9.17, 15) is 0 Å². The third-order valence-electron chi connectivity index (χ3n) is 8.61. The average molecular weight is 568 g/mol. The summed E-state index contributed by atoms with van der Waals surface area (Å²) in [7, 11) is 0. The first kappa shape index (κ1) is 26.1. The molecule has 4 nitrogen and oxygen atoms in total. The Morgan fingerprint density at radius 2 is 0.977 bits per heavy atom. The number of aromatic nitrogens is 3. The molecule has 210 valence electrons. The van der Waals surface area contributed by atoms with Crippen molar-refractivity contribution in [2.24, 2.45) is 0 Å². The van der Waals surface area contributed by atoms with E-state index in [1.54, 1.807) is 0 Å². The van der Waals surface area contributed by atoms with Crippen molar-refractivity contribution in [3.05, 3.63) is 151 Å². The number of nitrogens with zero attached hydrogens (tertiary/aromatic N) is 3. The first-order valence-corrected chi connectivity index (χ1v) is 14.9. The maximum Gasteiger partial charge on any atom is 0.164 e. The monoisotopic (exact) mass is 567 g/mol. The van der Waals surface area contributed by atoms with Gasteiger partial charge in [0.2, 0.25) is 0 Å². The zero-order valence-electron chi connectivity index (χ0n) is 24.5. The third kappa shape index (κ3) is 4.35. The highest BCUT2D eigenvalue weighted by atomic mass is 16.5. The highest BCUT2D eigenvalue weighted by molar-refractivity contribution is 6.04. The number of rotatable bonds is 4. The number of para-hydroxylation sites is 1. The zero-order chi connectivity index (χ0) is 29.7. The van der Waals surface area contributed by atoms with Crippen LogP contribution in [-0.2, 0) is 5.41 Å². The summed E-state index contributed by atoms with van der Waals surface area (Å²) < 4.78 is 6.33. The molecule has 8 rings (SSSR count). The molecule has 1 aliphatic heterocycles. The standard InChI is InChI=1S/C40H29N3O/c1-40(2)33-19-11-12-20-35(33)44-36-24-21-28(25-34(36)40)38-41-37(27-15-7-4-8-16-27)42-39(43-38)32-23-22-29(26-13-5-3-6-14-26)30-17-9-10-18-31(30)32/h3-25H,1-2H3. The lowest BCUT2D eigenvalue weighted by Gasteiger charge is -2.34. The lowest BCUT2D eigenvalue weighted by Crippen LogP contribution is -2.24. The van der Waals surface area contributed by atoms with Gasteiger partial charge in [-0.3, -0.25) is 0 Å². The van der Waals surface area contributed by atoms with Crippen molar-refractivity contribution in [1.29, 1.82) is 0 Å². The van der Waals surface area contributed by atoms with Gasteiger partial charge in [-0.25, -0.2) is 15.0 Å². The maximum absolute atomic E-state index is 6.33. The Morgan fingerprint density at radius 3 is 1.73 bits per heavy atom. The van der Waals surface area contributed by atoms with E-state index in [1.807, 2.05) is 60.7 Å². The molecule has 0 fully saturated rings. The summed E-state index contributed by atoms with van der Waals surface area (Å²) in [4.78, 5) is 15.2. The van der Waals surface area contributed by atoms with Gasteiger partial charge >= 0.3 is 0 Å². The lowest BCUT2D eigenvalue weighted by molar-refractivity contribution is 0.418. The van der Waals surface area contributed by atoms with Crippen molar-refractivity contribution in [3.8, 4) is 56.8 Å². The van der Waals surface area contributed by atoms with Gasteiger partial charge in [-0.1, -0.05) is 123 Å². The van der Waals surface area contributed by atoms with Crippen molar-refractivity contribution in [2.45, 2.75) is 19.3 Å². The Bertz CT molecular complexity index is 2170. The summed E-state index contributed by atoms with van der Waals surface area (Å²) in [6, 6.07) is 47.9. The molecule has 0 saturated carbocycles. The van der Waals surface area contributed by atoms with E-state index in [2.05, 4.69) is 92.7 Å². The SMILES string of the molecule is CC1(C)c2ccccc2Oc2ccc(-c3nc(-c4ccccc4)nc(-c4ccc(-c5ccccc5)c5ccccc45)n3)cc21. The fraction of sp³-hybridized carbons (Fsp3) is 0.0750. The number of hydrogen-bond acceptors (Lipinski definition) is 4. The Kier molecular flexibility index (Phi) is 6.09. The van der Waals surface area contributed by atoms with Crippen molar-refractivity contribution in [3.63, 3.8) is 0 Å². The minimum absolute atomic E-state index is 0.248. The van der Waals surface area contributed by atoms with Crippen molar-refractivity contribution in [1.82, 2.24) is 15.0 Å². The molecule has 0 N–H and O–H groups in total. The molecule has 0 aliphatic carbocycles. The molecule has 0 amide bonds. The fourth-order valence-corrected chi connectivity index (χ4v) is 6.29. The predicted octanol–water partition coefficient (Wildman–Crippen LogP) is 10.1. The van der Waals surface area contributed by atoms with Crippen LogP contribution in [0.3, 0.4) is 0 Å². The minimum Gasteiger partial charge on any atom is -0.457 e. The molecule has 6 aromatic carbocycles. The van der Waals surface area contributed by atoms with E-state index in [0.717, 1.165) is 50.1 Å². The fourth-order valence-electron chi connectivity index (χ4n) is 6.29. The van der Waals surface area contributed by atoms with Crippen LogP contribution in [-0.4, -0.2) is 15.0 Å². The van der Waals surface area contributed by atoms with Gasteiger partial charge in [0, 0.05) is 33.2 Å². The normalized spacial score (nSPS) is 13.1. The zero-order valence-corrected chi connectivity index (χ0v) is 24.5. The molecular weight excluding hydrogens is 538 g/mol. The highest BCUT2D eigenvalue weighted by Gasteiger charge is 2.34. The number of benzene rings is 6. The maximum atomic E-state index is 6.33. The topological polar surface area (TPSA) is 47.9 Å². The van der Waals surface area contributed by atoms with E-state index >= 15 is 0 Å². The van der Waals surface area contributed by atoms with Crippen molar-refractivity contribution >= 4 is 10.8 Å². The summed E-state index contributed by atoms with van der Waals surface area (Å²) >= 11 is 0. The lowest BCUT2D eigenvalue weighted by atomic mass is 9.75. The van der Waals surface area contributed by atoms with Gasteiger partial charge in [-0.2, -0.15) is 0 Å². The largest absolute Gasteiger partial charge is 0.457 e. The van der Waals surface area contributed by atoms with Gasteiger partial charge in [-0.05, 0) is 52.2 Å². The second-order valence-corrected chi connectivity index (χ2v) is 11.7. The number of hydrogen-bond donors (Lipinski definition) is 0. The first-order chi connectivity index (χ1) is 21.6. The molecular formula is C40H29N3O. The summed E-state index contributed by atoms with van der Waals surface area (Å²) in [5.41, 5.74) is 7.21. The molecule has 0 atom stereocenters. The van der Waals surface area contributed by atoms with Gasteiger partial charge in [-0.15, -0.1) is 0 Å². The van der Waals surface area contributed by atoms with E-state index in [4.69, 9.17) is 19.7 Å². The van der Waals surface area contributed by atoms with E-state index < -0.39 is 0 Å². The number of fused-ring (bicyclic) bond motifs is 3. The van der Waals surface area contributed by atoms with Crippen molar-refractivity contribution in [2.75, 3.05) is 0 Å². The number of ether oxygens (including phenoxy) is 1. The van der Waals surface area contributed by atoms with Crippen LogP contribution in [0.4, 0.5) is 0 Å². The van der Waals surface area contributed by atoms with Gasteiger partial charge in [0.1, 0.15) is 11.5 Å². The quantitative estimate of drug-likeness (QED) is 0.212. The third-order valence-corrected chi connectivity index (χ3v) is 8.61. The van der Waals surface area contributed by atoms with E-state index in [-0.39, 0.29) is 5.41 Å². The molecule has 0 radical (unpaired) electrons. The molecule has 44 heavy (non-hydrogen) atoms. The molecule has 0 saturated heterocycles. The second-order valence-electron chi connectivity index (χ2n) is 11.7. The Balaban J connectivity index is 1.32. The highest BCUT2D eigenvalue weighted by Crippen LogP contribution is 2.48. The van der Waals surface area contributed by atoms with E-state index in [0.29, 0.717) is 17.5 Å². The minimum atomic E-state index is -0.248. The van der Waals surface area contributed by atoms with Gasteiger partial charge in [0.25, 0.3) is 0 Å². The van der Waals surface area contributed by atoms with Crippen LogP contribution < -0.4 is 4.74 Å². The Hall–Kier alpha value is -5.61. The molecule has 4 heteroatoms. The molecule has 2 heterocycles. The summed E-state index contributed by atoms with van der Waals surface area (Å²) in [5.74, 6) is 3.67. The summed E-state index contributed by atoms with van der Waals surface area (Å²) in [5, 5.41) is 2.26. The Labute approximate surface area is 256 Å². The van der Waals surface area contributed by atoms with Gasteiger partial charge < -0.3 is 4.74 Å². The van der Waals surface area contributed by atoms with Crippen LogP contribution >= 0.6 is 0 Å². The molecule has 0 bridgehead atoms. The predicted molar refractivity (Wildman–Crippen MR) is 178 cm³/mol. The average Bonchev–Trinajstić information content (AvgIpc) is 3.08. The molecule has 7 aromatic rings. The molecule has 0 spiro atoms. The second kappa shape index (κ2) is 10.3. The summed E-state index contributed by atoms with van der Waals surface area (Å²) in [6.45, 7) is 4.48. The van der Waals surface area contributed by atoms with Crippen LogP contribution in [0.15, 0.2) is 140 Å². The van der Waals surface area contributed by atoms with Gasteiger partial charge in [0.05, 0.1) is 0 Å². The van der Waals surface area contributed by atoms with E-state index in [1.165, 1.54) is 11.1 Å². The van der Waals surface area contributed by atoms with Crippen LogP contribution in [0.1, 0.15) is 25.0 Å².